The van der Waals surface area contributed by atoms with Crippen LogP contribution in [0.2, 0.25) is 0 Å². The highest BCUT2D eigenvalue weighted by molar-refractivity contribution is 5.89. The third kappa shape index (κ3) is 2.75. The number of hydrogen-bond donors (Lipinski definition) is 4. The van der Waals surface area contributed by atoms with E-state index in [0.29, 0.717) is 25.7 Å². The lowest BCUT2D eigenvalue weighted by atomic mass is 9.96. The maximum absolute atomic E-state index is 12.7. The molecular weight excluding hydrogens is 328 g/mol. The van der Waals surface area contributed by atoms with Gasteiger partial charge in [-0.05, 0) is 60.3 Å². The van der Waals surface area contributed by atoms with Crippen molar-refractivity contribution in [3.8, 4) is 0 Å². The van der Waals surface area contributed by atoms with Crippen LogP contribution in [0.25, 0.3) is 0 Å². The van der Waals surface area contributed by atoms with Crippen molar-refractivity contribution in [3.05, 3.63) is 0 Å². The summed E-state index contributed by atoms with van der Waals surface area (Å²) in [6.07, 6.45) is 1.26. The molecule has 0 unspecified atom stereocenters. The number of aliphatic hydroxyl groups is 2. The second-order valence-electron chi connectivity index (χ2n) is 8.81. The second-order valence-corrected chi connectivity index (χ2v) is 8.81. The molecule has 1 heterocycles. The molecule has 0 bridgehead atoms. The van der Waals surface area contributed by atoms with Gasteiger partial charge >= 0.3 is 0 Å². The Morgan fingerprint density at radius 3 is 1.64 bits per heavy atom. The fourth-order valence-corrected chi connectivity index (χ4v) is 3.29. The van der Waals surface area contributed by atoms with Gasteiger partial charge in [0.25, 0.3) is 23.4 Å². The van der Waals surface area contributed by atoms with E-state index in [1.807, 2.05) is 0 Å². The van der Waals surface area contributed by atoms with E-state index in [1.165, 1.54) is 0 Å². The number of hydrogen-bond acceptors (Lipinski definition) is 6. The van der Waals surface area contributed by atoms with Gasteiger partial charge in [-0.2, -0.15) is 0 Å². The molecule has 0 aromatic rings. The van der Waals surface area contributed by atoms with Gasteiger partial charge in [-0.15, -0.1) is 0 Å². The Balaban J connectivity index is 1.91. The van der Waals surface area contributed by atoms with Crippen LogP contribution in [0.15, 0.2) is 0 Å². The van der Waals surface area contributed by atoms with Crippen LogP contribution in [0.3, 0.4) is 0 Å². The molecule has 4 N–H and O–H groups in total. The van der Waals surface area contributed by atoms with E-state index in [1.54, 1.807) is 34.6 Å². The van der Waals surface area contributed by atoms with Crippen LogP contribution in [0.4, 0.5) is 0 Å². The van der Waals surface area contributed by atoms with Crippen LogP contribution in [-0.2, 0) is 19.1 Å². The summed E-state index contributed by atoms with van der Waals surface area (Å²) >= 11 is 0. The average Bonchev–Trinajstić information content (AvgIpc) is 3.31. The minimum Gasteiger partial charge on any atom is -0.356 e. The van der Waals surface area contributed by atoms with E-state index >= 15 is 0 Å². The normalized spacial score (nSPS) is 34.9. The molecule has 0 radical (unpaired) electrons. The first kappa shape index (κ1) is 18.6. The van der Waals surface area contributed by atoms with E-state index < -0.39 is 40.1 Å². The standard InChI is InChI=1S/C17H28N2O6/c1-10(2)18-11(20)16(22)14(6-7-14)25-17(23,15(24-16)8-9-15)12(21)19-13(3,4)5/h10,22-23H,6-9H2,1-5H3,(H,18,20)(H,19,21)/t16-,17-/m1/s1. The predicted molar refractivity (Wildman–Crippen MR) is 87.2 cm³/mol. The SMILES string of the molecule is CC(C)NC(=O)[C@@]1(O)OC2(CC2)[C@@](O)(C(=O)NC(C)(C)C)OC12CC2. The Bertz CT molecular complexity index is 605. The van der Waals surface area contributed by atoms with Crippen molar-refractivity contribution in [2.75, 3.05) is 0 Å². The van der Waals surface area contributed by atoms with Crippen molar-refractivity contribution in [3.63, 3.8) is 0 Å². The summed E-state index contributed by atoms with van der Waals surface area (Å²) in [5.41, 5.74) is -3.41. The highest BCUT2D eigenvalue weighted by Gasteiger charge is 2.82. The molecule has 142 valence electrons. The van der Waals surface area contributed by atoms with Gasteiger partial charge in [0, 0.05) is 11.6 Å². The smallest absolute Gasteiger partial charge is 0.283 e. The molecule has 8 heteroatoms. The summed E-state index contributed by atoms with van der Waals surface area (Å²) < 4.78 is 11.6. The molecule has 3 fully saturated rings. The van der Waals surface area contributed by atoms with Crippen LogP contribution in [0.5, 0.6) is 0 Å². The monoisotopic (exact) mass is 356 g/mol. The Kier molecular flexibility index (Phi) is 3.83. The van der Waals surface area contributed by atoms with Gasteiger partial charge < -0.3 is 30.3 Å². The van der Waals surface area contributed by atoms with Gasteiger partial charge in [-0.3, -0.25) is 9.59 Å². The van der Waals surface area contributed by atoms with Crippen molar-refractivity contribution in [2.45, 2.75) is 94.7 Å². The molecule has 0 aromatic carbocycles. The van der Waals surface area contributed by atoms with Crippen molar-refractivity contribution in [1.82, 2.24) is 10.6 Å². The molecule has 1 aliphatic heterocycles. The van der Waals surface area contributed by atoms with Gasteiger partial charge in [0.15, 0.2) is 0 Å². The first-order valence-corrected chi connectivity index (χ1v) is 8.78. The van der Waals surface area contributed by atoms with Gasteiger partial charge in [-0.1, -0.05) is 0 Å². The van der Waals surface area contributed by atoms with Crippen LogP contribution in [-0.4, -0.2) is 56.4 Å². The molecule has 2 atom stereocenters. The summed E-state index contributed by atoms with van der Waals surface area (Å²) in [5.74, 6) is -5.87. The fraction of sp³-hybridized carbons (Fsp3) is 0.882. The quantitative estimate of drug-likeness (QED) is 0.562. The maximum Gasteiger partial charge on any atom is 0.283 e. The average molecular weight is 356 g/mol. The van der Waals surface area contributed by atoms with Gasteiger partial charge in [-0.25, -0.2) is 0 Å². The minimum absolute atomic E-state index is 0.198. The Morgan fingerprint density at radius 2 is 1.32 bits per heavy atom. The van der Waals surface area contributed by atoms with Gasteiger partial charge in [0.05, 0.1) is 0 Å². The zero-order chi connectivity index (χ0) is 18.9. The Morgan fingerprint density at radius 1 is 0.920 bits per heavy atom. The number of ether oxygens (including phenoxy) is 2. The van der Waals surface area contributed by atoms with Crippen molar-refractivity contribution >= 4 is 11.8 Å². The van der Waals surface area contributed by atoms with Crippen LogP contribution in [0, 0.1) is 0 Å². The molecule has 8 nitrogen and oxygen atoms in total. The summed E-state index contributed by atoms with van der Waals surface area (Å²) in [6, 6.07) is -0.198. The Hall–Kier alpha value is -1.22. The minimum atomic E-state index is -2.23. The number of rotatable bonds is 3. The summed E-state index contributed by atoms with van der Waals surface area (Å²) in [5, 5.41) is 27.4. The van der Waals surface area contributed by atoms with E-state index in [9.17, 15) is 19.8 Å². The van der Waals surface area contributed by atoms with Crippen molar-refractivity contribution in [1.29, 1.82) is 0 Å². The highest BCUT2D eigenvalue weighted by atomic mass is 16.8. The van der Waals surface area contributed by atoms with E-state index in [0.717, 1.165) is 0 Å². The molecule has 0 aromatic heterocycles. The summed E-state index contributed by atoms with van der Waals surface area (Å²) in [6.45, 7) is 8.90. The van der Waals surface area contributed by atoms with E-state index in [2.05, 4.69) is 10.6 Å². The molecule has 2 amide bonds. The van der Waals surface area contributed by atoms with Crippen molar-refractivity contribution < 1.29 is 29.3 Å². The Labute approximate surface area is 147 Å². The largest absolute Gasteiger partial charge is 0.356 e. The zero-order valence-corrected chi connectivity index (χ0v) is 15.4. The van der Waals surface area contributed by atoms with Crippen LogP contribution in [0.1, 0.15) is 60.3 Å². The van der Waals surface area contributed by atoms with E-state index in [4.69, 9.17) is 9.47 Å². The first-order chi connectivity index (χ1) is 11.3. The summed E-state index contributed by atoms with van der Waals surface area (Å²) in [7, 11) is 0. The topological polar surface area (TPSA) is 117 Å². The lowest BCUT2D eigenvalue weighted by Crippen LogP contribution is -2.75. The molecule has 2 spiro atoms. The predicted octanol–water partition coefficient (Wildman–Crippen LogP) is -0.0851. The first-order valence-electron chi connectivity index (χ1n) is 8.78. The lowest BCUT2D eigenvalue weighted by molar-refractivity contribution is -0.415. The molecular formula is C17H28N2O6. The number of carbonyl (C=O) groups excluding carboxylic acids is 2. The number of nitrogens with one attached hydrogen (secondary N) is 2. The van der Waals surface area contributed by atoms with E-state index in [-0.39, 0.29) is 6.04 Å². The molecule has 25 heavy (non-hydrogen) atoms. The molecule has 2 saturated carbocycles. The molecule has 3 rings (SSSR count). The highest BCUT2D eigenvalue weighted by Crippen LogP contribution is 2.64. The third-order valence-corrected chi connectivity index (χ3v) is 4.85. The zero-order valence-electron chi connectivity index (χ0n) is 15.4. The van der Waals surface area contributed by atoms with Gasteiger partial charge in [0.2, 0.25) is 0 Å². The van der Waals surface area contributed by atoms with Crippen LogP contribution < -0.4 is 10.6 Å². The lowest BCUT2D eigenvalue weighted by Gasteiger charge is -2.50. The fourth-order valence-electron chi connectivity index (χ4n) is 3.29. The second kappa shape index (κ2) is 5.16. The van der Waals surface area contributed by atoms with Gasteiger partial charge in [0.1, 0.15) is 11.2 Å². The number of carbonyl (C=O) groups is 2. The van der Waals surface area contributed by atoms with Crippen LogP contribution >= 0.6 is 0 Å². The number of amides is 2. The third-order valence-electron chi connectivity index (χ3n) is 4.85. The van der Waals surface area contributed by atoms with Crippen molar-refractivity contribution in [2.24, 2.45) is 0 Å². The molecule has 2 aliphatic carbocycles. The summed E-state index contributed by atoms with van der Waals surface area (Å²) in [4.78, 5) is 25.3. The maximum atomic E-state index is 12.7. The molecule has 1 saturated heterocycles. The molecule has 3 aliphatic rings.